The summed E-state index contributed by atoms with van der Waals surface area (Å²) >= 11 is 0. The number of anilines is 3. The van der Waals surface area contributed by atoms with Gasteiger partial charge >= 0.3 is 0 Å². The summed E-state index contributed by atoms with van der Waals surface area (Å²) in [5.74, 6) is 0. The molecule has 0 aliphatic heterocycles. The van der Waals surface area contributed by atoms with Gasteiger partial charge in [0.25, 0.3) is 0 Å². The van der Waals surface area contributed by atoms with Gasteiger partial charge < -0.3 is 4.90 Å². The first-order chi connectivity index (χ1) is 26.7. The van der Waals surface area contributed by atoms with E-state index in [9.17, 15) is 0 Å². The summed E-state index contributed by atoms with van der Waals surface area (Å²) in [7, 11) is 18.7. The molecule has 9 aromatic rings. The lowest BCUT2D eigenvalue weighted by Crippen LogP contribution is -2.50. The monoisotopic (exact) mass is 693 g/mol. The lowest BCUT2D eigenvalue weighted by Gasteiger charge is -2.37. The molecule has 55 heavy (non-hydrogen) atoms. The van der Waals surface area contributed by atoms with Crippen molar-refractivity contribution in [3.05, 3.63) is 140 Å². The molecule has 0 radical (unpaired) electrons. The van der Waals surface area contributed by atoms with E-state index in [2.05, 4.69) is 207 Å². The van der Waals surface area contributed by atoms with E-state index in [4.69, 9.17) is 0 Å². The zero-order valence-electron chi connectivity index (χ0n) is 33.2. The lowest BCUT2D eigenvalue weighted by atomic mass is 9.62. The van der Waals surface area contributed by atoms with E-state index in [1.165, 1.54) is 126 Å². The Morgan fingerprint density at radius 2 is 0.691 bits per heavy atom. The van der Waals surface area contributed by atoms with Gasteiger partial charge in [-0.1, -0.05) is 171 Å². The molecule has 0 saturated heterocycles. The third-order valence-corrected chi connectivity index (χ3v) is 12.7. The van der Waals surface area contributed by atoms with Crippen LogP contribution >= 0.6 is 0 Å². The first-order valence-corrected chi connectivity index (χ1v) is 19.5. The van der Waals surface area contributed by atoms with Gasteiger partial charge in [0, 0.05) is 16.8 Å². The summed E-state index contributed by atoms with van der Waals surface area (Å²) in [6, 6.07) is 51.3. The Bertz CT molecular complexity index is 2980. The zero-order valence-corrected chi connectivity index (χ0v) is 33.2. The van der Waals surface area contributed by atoms with Gasteiger partial charge in [-0.3, -0.25) is 0 Å². The highest BCUT2D eigenvalue weighted by molar-refractivity contribution is 6.65. The summed E-state index contributed by atoms with van der Waals surface area (Å²) in [5, 5.41) is 10.2. The third kappa shape index (κ3) is 5.42. The maximum atomic E-state index is 2.64. The highest BCUT2D eigenvalue weighted by Gasteiger charge is 2.28. The Labute approximate surface area is 331 Å². The fraction of sp³-hybridized carbons (Fsp3) is 0. The SMILES string of the molecule is Bc1c(B)c(N(c2c(B)c(B)c(-c3cc4ccccc4c4ccccc34)c(B)c2B)c2cc3ccccc3c3ccccc23)c(B)c(B)c1-c1ccccc1. The molecule has 0 spiro atoms. The number of nitrogens with zero attached hydrogens (tertiary/aromatic N) is 1. The van der Waals surface area contributed by atoms with Gasteiger partial charge in [-0.15, -0.1) is 0 Å². The van der Waals surface area contributed by atoms with Crippen LogP contribution in [-0.2, 0) is 0 Å². The van der Waals surface area contributed by atoms with Crippen LogP contribution in [-0.4, -0.2) is 62.8 Å². The van der Waals surface area contributed by atoms with Crippen LogP contribution < -0.4 is 48.6 Å². The number of hydrogen-bond acceptors (Lipinski definition) is 1. The maximum Gasteiger partial charge on any atom is 0.141 e. The van der Waals surface area contributed by atoms with Crippen molar-refractivity contribution in [2.75, 3.05) is 4.90 Å². The Morgan fingerprint density at radius 3 is 1.22 bits per heavy atom. The van der Waals surface area contributed by atoms with E-state index >= 15 is 0 Å². The number of hydrogen-bond donors (Lipinski definition) is 0. The van der Waals surface area contributed by atoms with Gasteiger partial charge in [-0.25, -0.2) is 0 Å². The summed E-state index contributed by atoms with van der Waals surface area (Å²) < 4.78 is 0. The number of benzene rings is 9. The van der Waals surface area contributed by atoms with Crippen LogP contribution in [0.25, 0.3) is 65.3 Å². The van der Waals surface area contributed by atoms with Crippen molar-refractivity contribution in [2.24, 2.45) is 0 Å². The predicted octanol–water partition coefficient (Wildman–Crippen LogP) is -0.830. The fourth-order valence-corrected chi connectivity index (χ4v) is 9.53. The molecule has 0 N–H and O–H groups in total. The first-order valence-electron chi connectivity index (χ1n) is 19.5. The molecule has 0 aliphatic rings. The van der Waals surface area contributed by atoms with Gasteiger partial charge in [0.15, 0.2) is 0 Å². The summed E-state index contributed by atoms with van der Waals surface area (Å²) in [6.45, 7) is 0. The van der Waals surface area contributed by atoms with E-state index in [1.807, 2.05) is 0 Å². The Balaban J connectivity index is 1.40. The van der Waals surface area contributed by atoms with Crippen molar-refractivity contribution in [3.8, 4) is 22.3 Å². The molecule has 9 heteroatoms. The van der Waals surface area contributed by atoms with Crippen molar-refractivity contribution >= 4 is 167 Å². The normalized spacial score (nSPS) is 11.5. The number of rotatable bonds is 5. The number of fused-ring (bicyclic) bond motifs is 6. The minimum atomic E-state index is 1.21. The smallest absolute Gasteiger partial charge is 0.141 e. The minimum Gasteiger partial charge on any atom is -0.312 e. The molecule has 0 amide bonds. The molecule has 0 saturated carbocycles. The Hall–Kier alpha value is -5.66. The Morgan fingerprint density at radius 1 is 0.309 bits per heavy atom. The third-order valence-electron chi connectivity index (χ3n) is 12.7. The average Bonchev–Trinajstić information content (AvgIpc) is 3.22. The van der Waals surface area contributed by atoms with Crippen molar-refractivity contribution < 1.29 is 0 Å². The van der Waals surface area contributed by atoms with Gasteiger partial charge in [0.2, 0.25) is 0 Å². The molecule has 9 aromatic carbocycles. The molecule has 0 heterocycles. The van der Waals surface area contributed by atoms with E-state index in [1.54, 1.807) is 0 Å². The standard InChI is InChI=1S/C46H39B8N/c47-37-35(24-12-2-1-3-13-24)38(48)42(52)45(41(37)51)55(34-23-26-15-5-7-17-28(26)30-19-10-11-21-32(30)34)46-43(53)39(49)36(40(50)44(46)54)33-22-25-14-4-6-16-27(25)29-18-8-9-20-31(29)33/h1-23H,47-54H2. The first kappa shape index (κ1) is 35.1. The summed E-state index contributed by atoms with van der Waals surface area (Å²) in [5.41, 5.74) is 19.5. The molecule has 0 aromatic heterocycles. The second-order valence-electron chi connectivity index (χ2n) is 15.5. The quantitative estimate of drug-likeness (QED) is 0.169. The molecular weight excluding hydrogens is 653 g/mol. The van der Waals surface area contributed by atoms with Crippen LogP contribution in [0.2, 0.25) is 0 Å². The van der Waals surface area contributed by atoms with Gasteiger partial charge in [-0.05, 0) is 72.1 Å². The van der Waals surface area contributed by atoms with Crippen LogP contribution in [0.4, 0.5) is 17.1 Å². The molecule has 0 bridgehead atoms. The van der Waals surface area contributed by atoms with Crippen LogP contribution in [0, 0.1) is 0 Å². The van der Waals surface area contributed by atoms with Crippen LogP contribution in [0.1, 0.15) is 0 Å². The molecule has 252 valence electrons. The van der Waals surface area contributed by atoms with Gasteiger partial charge in [-0.2, -0.15) is 0 Å². The highest BCUT2D eigenvalue weighted by atomic mass is 15.2. The highest BCUT2D eigenvalue weighted by Crippen LogP contribution is 2.40. The van der Waals surface area contributed by atoms with E-state index in [-0.39, 0.29) is 0 Å². The van der Waals surface area contributed by atoms with Crippen molar-refractivity contribution in [2.45, 2.75) is 0 Å². The molecule has 0 atom stereocenters. The largest absolute Gasteiger partial charge is 0.312 e. The lowest BCUT2D eigenvalue weighted by molar-refractivity contribution is 1.36. The molecule has 1 nitrogen and oxygen atoms in total. The molecule has 0 aliphatic carbocycles. The second-order valence-corrected chi connectivity index (χ2v) is 15.5. The minimum absolute atomic E-state index is 1.21. The van der Waals surface area contributed by atoms with Crippen molar-refractivity contribution in [1.82, 2.24) is 0 Å². The topological polar surface area (TPSA) is 3.24 Å². The predicted molar refractivity (Wildman–Crippen MR) is 267 cm³/mol. The van der Waals surface area contributed by atoms with Gasteiger partial charge in [0.05, 0.1) is 5.69 Å². The van der Waals surface area contributed by atoms with Crippen LogP contribution in [0.5, 0.6) is 0 Å². The summed E-state index contributed by atoms with van der Waals surface area (Å²) in [4.78, 5) is 2.64. The van der Waals surface area contributed by atoms with E-state index < -0.39 is 0 Å². The maximum absolute atomic E-state index is 2.64. The van der Waals surface area contributed by atoms with E-state index in [0.29, 0.717) is 0 Å². The average molecular weight is 692 g/mol. The van der Waals surface area contributed by atoms with Crippen LogP contribution in [0.3, 0.4) is 0 Å². The van der Waals surface area contributed by atoms with E-state index in [0.717, 1.165) is 0 Å². The summed E-state index contributed by atoms with van der Waals surface area (Å²) in [6.07, 6.45) is 0. The zero-order chi connectivity index (χ0) is 38.1. The fourth-order valence-electron chi connectivity index (χ4n) is 9.53. The molecular formula is C46H39B8N. The second kappa shape index (κ2) is 13.6. The molecule has 0 fully saturated rings. The van der Waals surface area contributed by atoms with Crippen molar-refractivity contribution in [1.29, 1.82) is 0 Å². The van der Waals surface area contributed by atoms with Gasteiger partial charge in [0.1, 0.15) is 62.8 Å². The molecule has 9 rings (SSSR count). The Kier molecular flexibility index (Phi) is 8.65. The van der Waals surface area contributed by atoms with Crippen LogP contribution in [0.15, 0.2) is 140 Å². The van der Waals surface area contributed by atoms with Crippen molar-refractivity contribution in [3.63, 3.8) is 0 Å². The molecule has 0 unspecified atom stereocenters.